The SMILES string of the molecule is Cc1nnc(C2CCN(Cc3ccccc3Cl)C2)o1. The van der Waals surface area contributed by atoms with Crippen molar-refractivity contribution in [2.75, 3.05) is 13.1 Å². The van der Waals surface area contributed by atoms with Gasteiger partial charge >= 0.3 is 0 Å². The van der Waals surface area contributed by atoms with E-state index >= 15 is 0 Å². The molecule has 1 fully saturated rings. The lowest BCUT2D eigenvalue weighted by molar-refractivity contribution is 0.319. The van der Waals surface area contributed by atoms with Gasteiger partial charge in [0.15, 0.2) is 0 Å². The van der Waals surface area contributed by atoms with Gasteiger partial charge in [0.1, 0.15) is 0 Å². The number of benzene rings is 1. The summed E-state index contributed by atoms with van der Waals surface area (Å²) in [5.74, 6) is 1.75. The summed E-state index contributed by atoms with van der Waals surface area (Å²) in [5, 5.41) is 8.85. The molecule has 1 aromatic heterocycles. The van der Waals surface area contributed by atoms with Crippen molar-refractivity contribution in [2.24, 2.45) is 0 Å². The maximum atomic E-state index is 6.19. The molecular weight excluding hydrogens is 262 g/mol. The van der Waals surface area contributed by atoms with Gasteiger partial charge in [0.25, 0.3) is 0 Å². The van der Waals surface area contributed by atoms with Crippen LogP contribution in [-0.2, 0) is 6.54 Å². The maximum Gasteiger partial charge on any atom is 0.220 e. The third kappa shape index (κ3) is 2.80. The Hall–Kier alpha value is -1.39. The molecule has 0 bridgehead atoms. The van der Waals surface area contributed by atoms with Crippen LogP contribution in [0.1, 0.15) is 29.7 Å². The smallest absolute Gasteiger partial charge is 0.220 e. The summed E-state index contributed by atoms with van der Waals surface area (Å²) >= 11 is 6.19. The molecule has 3 rings (SSSR count). The molecule has 1 aliphatic rings. The number of rotatable bonds is 3. The number of halogens is 1. The Morgan fingerprint density at radius 2 is 2.21 bits per heavy atom. The van der Waals surface area contributed by atoms with Crippen molar-refractivity contribution < 1.29 is 4.42 Å². The summed E-state index contributed by atoms with van der Waals surface area (Å²) in [5.41, 5.74) is 1.17. The first-order valence-electron chi connectivity index (χ1n) is 6.48. The lowest BCUT2D eigenvalue weighted by Crippen LogP contribution is -2.20. The van der Waals surface area contributed by atoms with Crippen molar-refractivity contribution in [1.29, 1.82) is 0 Å². The van der Waals surface area contributed by atoms with Crippen LogP contribution in [0.25, 0.3) is 0 Å². The Morgan fingerprint density at radius 3 is 2.95 bits per heavy atom. The van der Waals surface area contributed by atoms with Crippen molar-refractivity contribution in [3.05, 3.63) is 46.6 Å². The average molecular weight is 278 g/mol. The van der Waals surface area contributed by atoms with E-state index in [4.69, 9.17) is 16.0 Å². The zero-order valence-electron chi connectivity index (χ0n) is 10.8. The molecular formula is C14H16ClN3O. The van der Waals surface area contributed by atoms with Crippen LogP contribution in [0.15, 0.2) is 28.7 Å². The maximum absolute atomic E-state index is 6.19. The minimum Gasteiger partial charge on any atom is -0.425 e. The second-order valence-electron chi connectivity index (χ2n) is 4.97. The number of aryl methyl sites for hydroxylation is 1. The molecule has 0 amide bonds. The van der Waals surface area contributed by atoms with Crippen molar-refractivity contribution in [3.8, 4) is 0 Å². The fourth-order valence-electron chi connectivity index (χ4n) is 2.52. The van der Waals surface area contributed by atoms with E-state index in [0.29, 0.717) is 11.8 Å². The Labute approximate surface area is 117 Å². The molecule has 2 heterocycles. The van der Waals surface area contributed by atoms with E-state index in [1.54, 1.807) is 0 Å². The summed E-state index contributed by atoms with van der Waals surface area (Å²) in [6.45, 7) is 4.69. The van der Waals surface area contributed by atoms with Crippen LogP contribution in [0.2, 0.25) is 5.02 Å². The van der Waals surface area contributed by atoms with Crippen molar-refractivity contribution in [1.82, 2.24) is 15.1 Å². The van der Waals surface area contributed by atoms with Crippen molar-refractivity contribution >= 4 is 11.6 Å². The summed E-state index contributed by atoms with van der Waals surface area (Å²) in [7, 11) is 0. The lowest BCUT2D eigenvalue weighted by atomic mass is 10.1. The molecule has 0 N–H and O–H groups in total. The van der Waals surface area contributed by atoms with Crippen LogP contribution < -0.4 is 0 Å². The highest BCUT2D eigenvalue weighted by Crippen LogP contribution is 2.28. The minimum atomic E-state index is 0.351. The molecule has 1 unspecified atom stereocenters. The molecule has 1 atom stereocenters. The highest BCUT2D eigenvalue weighted by molar-refractivity contribution is 6.31. The predicted molar refractivity (Wildman–Crippen MR) is 73.1 cm³/mol. The quantitative estimate of drug-likeness (QED) is 0.865. The summed E-state index contributed by atoms with van der Waals surface area (Å²) < 4.78 is 5.51. The number of aromatic nitrogens is 2. The second-order valence-corrected chi connectivity index (χ2v) is 5.38. The molecule has 4 nitrogen and oxygen atoms in total. The second kappa shape index (κ2) is 5.31. The zero-order chi connectivity index (χ0) is 13.2. The third-order valence-electron chi connectivity index (χ3n) is 3.52. The van der Waals surface area contributed by atoms with Gasteiger partial charge in [0, 0.05) is 25.0 Å². The fourth-order valence-corrected chi connectivity index (χ4v) is 2.72. The Kier molecular flexibility index (Phi) is 3.53. The largest absolute Gasteiger partial charge is 0.425 e. The van der Waals surface area contributed by atoms with Gasteiger partial charge in [-0.1, -0.05) is 29.8 Å². The Morgan fingerprint density at radius 1 is 1.37 bits per heavy atom. The molecule has 1 aliphatic heterocycles. The fraction of sp³-hybridized carbons (Fsp3) is 0.429. The molecule has 19 heavy (non-hydrogen) atoms. The van der Waals surface area contributed by atoms with Crippen molar-refractivity contribution in [2.45, 2.75) is 25.8 Å². The van der Waals surface area contributed by atoms with Crippen LogP contribution >= 0.6 is 11.6 Å². The molecule has 0 saturated carbocycles. The van der Waals surface area contributed by atoms with Crippen LogP contribution in [-0.4, -0.2) is 28.2 Å². The van der Waals surface area contributed by atoms with Crippen LogP contribution in [0, 0.1) is 6.92 Å². The molecule has 1 aromatic carbocycles. The molecule has 0 radical (unpaired) electrons. The number of hydrogen-bond acceptors (Lipinski definition) is 4. The van der Waals surface area contributed by atoms with E-state index < -0.39 is 0 Å². The monoisotopic (exact) mass is 277 g/mol. The molecule has 0 spiro atoms. The van der Waals surface area contributed by atoms with Gasteiger partial charge in [-0.3, -0.25) is 4.90 Å². The zero-order valence-corrected chi connectivity index (χ0v) is 11.6. The van der Waals surface area contributed by atoms with Crippen molar-refractivity contribution in [3.63, 3.8) is 0 Å². The number of hydrogen-bond donors (Lipinski definition) is 0. The predicted octanol–water partition coefficient (Wildman–Crippen LogP) is 3.02. The van der Waals surface area contributed by atoms with Crippen LogP contribution in [0.3, 0.4) is 0 Å². The van der Waals surface area contributed by atoms with Gasteiger partial charge in [-0.2, -0.15) is 0 Å². The average Bonchev–Trinajstić information content (AvgIpc) is 3.01. The highest BCUT2D eigenvalue weighted by Gasteiger charge is 2.28. The van der Waals surface area contributed by atoms with Crippen LogP contribution in [0.4, 0.5) is 0 Å². The van der Waals surface area contributed by atoms with E-state index in [9.17, 15) is 0 Å². The van der Waals surface area contributed by atoms with Crippen LogP contribution in [0.5, 0.6) is 0 Å². The molecule has 1 saturated heterocycles. The Balaban J connectivity index is 1.65. The molecule has 100 valence electrons. The van der Waals surface area contributed by atoms with Gasteiger partial charge in [0.2, 0.25) is 11.8 Å². The van der Waals surface area contributed by atoms with E-state index in [2.05, 4.69) is 21.2 Å². The minimum absolute atomic E-state index is 0.351. The first-order chi connectivity index (χ1) is 9.22. The lowest BCUT2D eigenvalue weighted by Gasteiger charge is -2.16. The van der Waals surface area contributed by atoms with Gasteiger partial charge in [-0.05, 0) is 24.6 Å². The highest BCUT2D eigenvalue weighted by atomic mass is 35.5. The summed E-state index contributed by atoms with van der Waals surface area (Å²) in [6.07, 6.45) is 1.06. The van der Waals surface area contributed by atoms with E-state index in [-0.39, 0.29) is 0 Å². The van der Waals surface area contributed by atoms with Gasteiger partial charge in [0.05, 0.1) is 5.92 Å². The third-order valence-corrected chi connectivity index (χ3v) is 3.88. The van der Waals surface area contributed by atoms with E-state index in [1.807, 2.05) is 25.1 Å². The summed E-state index contributed by atoms with van der Waals surface area (Å²) in [6, 6.07) is 7.99. The molecule has 2 aromatic rings. The standard InChI is InChI=1S/C14H16ClN3O/c1-10-16-17-14(19-10)12-6-7-18(9-12)8-11-4-2-3-5-13(11)15/h2-5,12H,6-9H2,1H3. The first-order valence-corrected chi connectivity index (χ1v) is 6.86. The van der Waals surface area contributed by atoms with Gasteiger partial charge in [-0.25, -0.2) is 0 Å². The van der Waals surface area contributed by atoms with E-state index in [1.165, 1.54) is 5.56 Å². The first kappa shape index (κ1) is 12.6. The van der Waals surface area contributed by atoms with E-state index in [0.717, 1.165) is 37.0 Å². The van der Waals surface area contributed by atoms with Gasteiger partial charge in [-0.15, -0.1) is 10.2 Å². The topological polar surface area (TPSA) is 42.2 Å². The van der Waals surface area contributed by atoms with Gasteiger partial charge < -0.3 is 4.42 Å². The normalized spacial score (nSPS) is 20.0. The number of likely N-dealkylation sites (tertiary alicyclic amines) is 1. The number of nitrogens with zero attached hydrogens (tertiary/aromatic N) is 3. The summed E-state index contributed by atoms with van der Waals surface area (Å²) in [4.78, 5) is 2.38. The Bertz CT molecular complexity index is 569. The molecule has 5 heteroatoms. The molecule has 0 aliphatic carbocycles.